The van der Waals surface area contributed by atoms with Gasteiger partial charge in [-0.2, -0.15) is 0 Å². The normalized spacial score (nSPS) is 14.0. The van der Waals surface area contributed by atoms with Gasteiger partial charge in [-0.1, -0.05) is 17.7 Å². The molecule has 3 rings (SSSR count). The lowest BCUT2D eigenvalue weighted by atomic mass is 10.2. The minimum absolute atomic E-state index is 0.0143. The van der Waals surface area contributed by atoms with E-state index in [2.05, 4.69) is 19.6 Å². The monoisotopic (exact) mass is 396 g/mol. The first-order valence-electron chi connectivity index (χ1n) is 8.51. The number of hydrogen-bond donors (Lipinski definition) is 2. The lowest BCUT2D eigenvalue weighted by Crippen LogP contribution is -2.30. The number of hydrogen-bond acceptors (Lipinski definition) is 4. The van der Waals surface area contributed by atoms with E-state index < -0.39 is 10.0 Å². The quantitative estimate of drug-likeness (QED) is 0.747. The number of halogens is 1. The van der Waals surface area contributed by atoms with Crippen LogP contribution in [0.5, 0.6) is 0 Å². The van der Waals surface area contributed by atoms with Crippen molar-refractivity contribution in [3.63, 3.8) is 0 Å². The molecule has 0 radical (unpaired) electrons. The molecule has 0 bridgehead atoms. The lowest BCUT2D eigenvalue weighted by Gasteiger charge is -2.11. The number of nitrogens with zero attached hydrogens (tertiary/aromatic N) is 2. The van der Waals surface area contributed by atoms with Gasteiger partial charge in [0.25, 0.3) is 0 Å². The molecule has 1 aliphatic heterocycles. The van der Waals surface area contributed by atoms with Crippen LogP contribution in [0.1, 0.15) is 30.8 Å². The van der Waals surface area contributed by atoms with Crippen molar-refractivity contribution in [1.82, 2.24) is 19.6 Å². The number of nitrogens with one attached hydrogen (secondary N) is 2. The number of fused-ring (bicyclic) bond motifs is 1. The summed E-state index contributed by atoms with van der Waals surface area (Å²) >= 11 is 5.81. The zero-order valence-corrected chi connectivity index (χ0v) is 15.8. The Kier molecular flexibility index (Phi) is 5.95. The van der Waals surface area contributed by atoms with Crippen molar-refractivity contribution in [2.24, 2.45) is 0 Å². The molecule has 0 atom stereocenters. The number of benzene rings is 1. The van der Waals surface area contributed by atoms with Gasteiger partial charge in [-0.05, 0) is 31.0 Å². The maximum Gasteiger partial charge on any atom is 0.240 e. The third kappa shape index (κ3) is 4.84. The first kappa shape index (κ1) is 18.9. The first-order valence-corrected chi connectivity index (χ1v) is 10.4. The summed E-state index contributed by atoms with van der Waals surface area (Å²) in [6.07, 6.45) is 5.29. The second-order valence-corrected chi connectivity index (χ2v) is 8.38. The average Bonchev–Trinajstić information content (AvgIpc) is 3.03. The van der Waals surface area contributed by atoms with E-state index in [4.69, 9.17) is 11.6 Å². The van der Waals surface area contributed by atoms with E-state index in [1.165, 1.54) is 12.1 Å². The molecule has 1 aliphatic rings. The first-order chi connectivity index (χ1) is 12.4. The average molecular weight is 397 g/mol. The van der Waals surface area contributed by atoms with Crippen molar-refractivity contribution in [2.45, 2.75) is 43.7 Å². The molecule has 2 N–H and O–H groups in total. The molecule has 0 fully saturated rings. The van der Waals surface area contributed by atoms with Gasteiger partial charge >= 0.3 is 0 Å². The van der Waals surface area contributed by atoms with Crippen molar-refractivity contribution >= 4 is 27.5 Å². The number of rotatable bonds is 7. The van der Waals surface area contributed by atoms with Gasteiger partial charge < -0.3 is 9.88 Å². The van der Waals surface area contributed by atoms with Crippen molar-refractivity contribution in [1.29, 1.82) is 0 Å². The molecule has 0 aliphatic carbocycles. The topological polar surface area (TPSA) is 93.1 Å². The third-order valence-corrected chi connectivity index (χ3v) is 5.87. The number of carbonyl (C=O) groups is 1. The fraction of sp³-hybridized carbons (Fsp3) is 0.412. The van der Waals surface area contributed by atoms with E-state index in [-0.39, 0.29) is 23.8 Å². The standard InChI is InChI=1S/C17H21ClN4O3S/c18-13-4-3-5-15(10-13)26(24,25)20-8-7-17(23)19-11-14-12-22-9-2-1-6-16(22)21-14/h3-5,10,12,20H,1-2,6-9,11H2,(H,19,23). The SMILES string of the molecule is O=C(CCNS(=O)(=O)c1cccc(Cl)c1)NCc1cn2c(n1)CCCC2. The maximum absolute atomic E-state index is 12.1. The van der Waals surface area contributed by atoms with Gasteiger partial charge in [-0.15, -0.1) is 0 Å². The highest BCUT2D eigenvalue weighted by Gasteiger charge is 2.15. The summed E-state index contributed by atoms with van der Waals surface area (Å²) in [5, 5.41) is 3.11. The minimum atomic E-state index is -3.68. The Morgan fingerprint density at radius 3 is 2.92 bits per heavy atom. The summed E-state index contributed by atoms with van der Waals surface area (Å²) in [5.41, 5.74) is 0.828. The predicted octanol–water partition coefficient (Wildman–Crippen LogP) is 1.86. The highest BCUT2D eigenvalue weighted by molar-refractivity contribution is 7.89. The van der Waals surface area contributed by atoms with E-state index in [1.54, 1.807) is 12.1 Å². The van der Waals surface area contributed by atoms with Gasteiger partial charge in [0.05, 0.1) is 17.1 Å². The second-order valence-electron chi connectivity index (χ2n) is 6.18. The highest BCUT2D eigenvalue weighted by atomic mass is 35.5. The summed E-state index contributed by atoms with van der Waals surface area (Å²) in [5.74, 6) is 0.833. The molecule has 9 heteroatoms. The summed E-state index contributed by atoms with van der Waals surface area (Å²) in [6.45, 7) is 1.34. The Morgan fingerprint density at radius 1 is 1.31 bits per heavy atom. The second kappa shape index (κ2) is 8.20. The van der Waals surface area contributed by atoms with Gasteiger partial charge in [-0.25, -0.2) is 18.1 Å². The fourth-order valence-electron chi connectivity index (χ4n) is 2.85. The van der Waals surface area contributed by atoms with Crippen LogP contribution in [0.3, 0.4) is 0 Å². The molecule has 0 saturated heterocycles. The zero-order chi connectivity index (χ0) is 18.6. The van der Waals surface area contributed by atoms with Crippen LogP contribution in [-0.4, -0.2) is 30.4 Å². The van der Waals surface area contributed by atoms with Crippen LogP contribution in [0.15, 0.2) is 35.4 Å². The molecule has 0 spiro atoms. The van der Waals surface area contributed by atoms with Crippen molar-refractivity contribution in [3.8, 4) is 0 Å². The van der Waals surface area contributed by atoms with E-state index in [0.29, 0.717) is 11.6 Å². The Labute approximate surface area is 157 Å². The largest absolute Gasteiger partial charge is 0.350 e. The highest BCUT2D eigenvalue weighted by Crippen LogP contribution is 2.15. The minimum Gasteiger partial charge on any atom is -0.350 e. The third-order valence-electron chi connectivity index (χ3n) is 4.18. The number of aromatic nitrogens is 2. The lowest BCUT2D eigenvalue weighted by molar-refractivity contribution is -0.121. The van der Waals surface area contributed by atoms with E-state index in [9.17, 15) is 13.2 Å². The van der Waals surface area contributed by atoms with Gasteiger partial charge in [-0.3, -0.25) is 4.79 Å². The Hall–Kier alpha value is -1.90. The number of amides is 1. The van der Waals surface area contributed by atoms with Crippen LogP contribution in [0.2, 0.25) is 5.02 Å². The molecular weight excluding hydrogens is 376 g/mol. The van der Waals surface area contributed by atoms with Gasteiger partial charge in [0.15, 0.2) is 0 Å². The number of carbonyl (C=O) groups excluding carboxylic acids is 1. The van der Waals surface area contributed by atoms with Crippen LogP contribution < -0.4 is 10.0 Å². The Morgan fingerprint density at radius 2 is 2.15 bits per heavy atom. The zero-order valence-electron chi connectivity index (χ0n) is 14.2. The molecular formula is C17H21ClN4O3S. The van der Waals surface area contributed by atoms with E-state index in [0.717, 1.165) is 37.3 Å². The van der Waals surface area contributed by atoms with Crippen LogP contribution in [-0.2, 0) is 34.3 Å². The van der Waals surface area contributed by atoms with Crippen molar-refractivity contribution < 1.29 is 13.2 Å². The predicted molar refractivity (Wildman–Crippen MR) is 98.3 cm³/mol. The van der Waals surface area contributed by atoms with Gasteiger partial charge in [0.1, 0.15) is 5.82 Å². The number of aryl methyl sites for hydroxylation is 2. The summed E-state index contributed by atoms with van der Waals surface area (Å²) in [4.78, 5) is 16.5. The molecule has 0 unspecified atom stereocenters. The van der Waals surface area contributed by atoms with Gasteiger partial charge in [0.2, 0.25) is 15.9 Å². The molecule has 1 aromatic carbocycles. The van der Waals surface area contributed by atoms with Crippen molar-refractivity contribution in [3.05, 3.63) is 47.0 Å². The maximum atomic E-state index is 12.1. The number of sulfonamides is 1. The molecule has 1 amide bonds. The number of imidazole rings is 1. The molecule has 0 saturated carbocycles. The van der Waals surface area contributed by atoms with Gasteiger partial charge in [0, 0.05) is 37.2 Å². The van der Waals surface area contributed by atoms with Crippen LogP contribution in [0, 0.1) is 0 Å². The summed E-state index contributed by atoms with van der Waals surface area (Å²) in [6, 6.07) is 5.98. The molecule has 7 nitrogen and oxygen atoms in total. The Bertz CT molecular complexity index is 872. The Balaban J connectivity index is 1.45. The van der Waals surface area contributed by atoms with E-state index >= 15 is 0 Å². The summed E-state index contributed by atoms with van der Waals surface area (Å²) in [7, 11) is -3.68. The smallest absolute Gasteiger partial charge is 0.240 e. The van der Waals surface area contributed by atoms with Crippen LogP contribution in [0.25, 0.3) is 0 Å². The summed E-state index contributed by atoms with van der Waals surface area (Å²) < 4.78 is 28.8. The fourth-order valence-corrected chi connectivity index (χ4v) is 4.18. The molecule has 1 aromatic heterocycles. The molecule has 2 aromatic rings. The molecule has 2 heterocycles. The van der Waals surface area contributed by atoms with Crippen LogP contribution in [0.4, 0.5) is 0 Å². The molecule has 26 heavy (non-hydrogen) atoms. The van der Waals surface area contributed by atoms with E-state index in [1.807, 2.05) is 6.20 Å². The van der Waals surface area contributed by atoms with Crippen molar-refractivity contribution in [2.75, 3.05) is 6.54 Å². The molecule has 140 valence electrons. The van der Waals surface area contributed by atoms with Crippen LogP contribution >= 0.6 is 11.6 Å².